The lowest BCUT2D eigenvalue weighted by Crippen LogP contribution is -1.92. The summed E-state index contributed by atoms with van der Waals surface area (Å²) >= 11 is 0. The van der Waals surface area contributed by atoms with E-state index in [0.717, 1.165) is 16.9 Å². The highest BCUT2D eigenvalue weighted by Crippen LogP contribution is 2.39. The Morgan fingerprint density at radius 1 is 1.25 bits per heavy atom. The number of fused-ring (bicyclic) bond motifs is 2. The van der Waals surface area contributed by atoms with Crippen LogP contribution in [0, 0.1) is 0 Å². The van der Waals surface area contributed by atoms with Gasteiger partial charge in [0.25, 0.3) is 0 Å². The van der Waals surface area contributed by atoms with Gasteiger partial charge in [0.15, 0.2) is 5.58 Å². The highest BCUT2D eigenvalue weighted by Gasteiger charge is 2.26. The zero-order chi connectivity index (χ0) is 10.7. The molecule has 0 saturated heterocycles. The second-order valence-electron chi connectivity index (χ2n) is 4.28. The Kier molecular flexibility index (Phi) is 1.30. The molecule has 0 bridgehead atoms. The third-order valence-electron chi connectivity index (χ3n) is 3.00. The SMILES string of the molecule is O=c1[nH]c2cc3[nH]c(C4CC4)nc3cc2o1. The summed E-state index contributed by atoms with van der Waals surface area (Å²) in [6, 6.07) is 3.67. The van der Waals surface area contributed by atoms with Crippen LogP contribution in [0.5, 0.6) is 0 Å². The lowest BCUT2D eigenvalue weighted by molar-refractivity contribution is 0.555. The molecule has 2 N–H and O–H groups in total. The van der Waals surface area contributed by atoms with Gasteiger partial charge in [-0.2, -0.15) is 0 Å². The molecule has 0 unspecified atom stereocenters. The fourth-order valence-corrected chi connectivity index (χ4v) is 2.02. The maximum atomic E-state index is 11.0. The Bertz CT molecular complexity index is 691. The van der Waals surface area contributed by atoms with Gasteiger partial charge in [0, 0.05) is 12.0 Å². The van der Waals surface area contributed by atoms with Crippen molar-refractivity contribution in [3.05, 3.63) is 28.5 Å². The van der Waals surface area contributed by atoms with E-state index in [2.05, 4.69) is 15.0 Å². The smallest absolute Gasteiger partial charge is 0.408 e. The zero-order valence-corrected chi connectivity index (χ0v) is 8.41. The Morgan fingerprint density at radius 3 is 2.94 bits per heavy atom. The van der Waals surface area contributed by atoms with Crippen LogP contribution in [0.4, 0.5) is 0 Å². The summed E-state index contributed by atoms with van der Waals surface area (Å²) in [6.07, 6.45) is 2.43. The van der Waals surface area contributed by atoms with E-state index in [4.69, 9.17) is 4.42 Å². The summed E-state index contributed by atoms with van der Waals surface area (Å²) in [6.45, 7) is 0. The number of oxazole rings is 1. The van der Waals surface area contributed by atoms with Gasteiger partial charge >= 0.3 is 5.76 Å². The zero-order valence-electron chi connectivity index (χ0n) is 8.41. The molecule has 1 aliphatic rings. The summed E-state index contributed by atoms with van der Waals surface area (Å²) in [5.74, 6) is 1.22. The number of nitrogens with zero attached hydrogens (tertiary/aromatic N) is 1. The fourth-order valence-electron chi connectivity index (χ4n) is 2.02. The van der Waals surface area contributed by atoms with E-state index >= 15 is 0 Å². The third-order valence-corrected chi connectivity index (χ3v) is 3.00. The number of H-pyrrole nitrogens is 2. The van der Waals surface area contributed by atoms with E-state index < -0.39 is 5.76 Å². The molecule has 3 aromatic rings. The summed E-state index contributed by atoms with van der Waals surface area (Å²) < 4.78 is 5.00. The van der Waals surface area contributed by atoms with E-state index in [-0.39, 0.29) is 0 Å². The van der Waals surface area contributed by atoms with Crippen molar-refractivity contribution >= 4 is 22.1 Å². The molecule has 1 aromatic carbocycles. The predicted octanol–water partition coefficient (Wildman–Crippen LogP) is 1.87. The molecule has 5 heteroatoms. The van der Waals surface area contributed by atoms with Crippen LogP contribution in [0.25, 0.3) is 22.1 Å². The van der Waals surface area contributed by atoms with Gasteiger partial charge in [0.05, 0.1) is 16.6 Å². The van der Waals surface area contributed by atoms with E-state index in [1.54, 1.807) is 6.07 Å². The monoisotopic (exact) mass is 215 g/mol. The van der Waals surface area contributed by atoms with Crippen molar-refractivity contribution in [1.82, 2.24) is 15.0 Å². The predicted molar refractivity (Wildman–Crippen MR) is 58.5 cm³/mol. The molecular formula is C11H9N3O2. The van der Waals surface area contributed by atoms with Crippen LogP contribution < -0.4 is 5.76 Å². The molecule has 80 valence electrons. The molecule has 0 aliphatic heterocycles. The van der Waals surface area contributed by atoms with Crippen molar-refractivity contribution < 1.29 is 4.42 Å². The Balaban J connectivity index is 2.06. The number of imidazole rings is 1. The summed E-state index contributed by atoms with van der Waals surface area (Å²) in [5, 5.41) is 0. The molecular weight excluding hydrogens is 206 g/mol. The van der Waals surface area contributed by atoms with Crippen LogP contribution in [0.15, 0.2) is 21.3 Å². The van der Waals surface area contributed by atoms with Crippen LogP contribution in [0.3, 0.4) is 0 Å². The first-order valence-corrected chi connectivity index (χ1v) is 5.32. The highest BCUT2D eigenvalue weighted by atomic mass is 16.4. The van der Waals surface area contributed by atoms with Crippen molar-refractivity contribution in [2.24, 2.45) is 0 Å². The van der Waals surface area contributed by atoms with Gasteiger partial charge in [-0.25, -0.2) is 9.78 Å². The van der Waals surface area contributed by atoms with Crippen molar-refractivity contribution in [1.29, 1.82) is 0 Å². The van der Waals surface area contributed by atoms with Crippen LogP contribution in [-0.2, 0) is 0 Å². The van der Waals surface area contributed by atoms with Gasteiger partial charge in [0.2, 0.25) is 0 Å². The largest absolute Gasteiger partial charge is 0.417 e. The summed E-state index contributed by atoms with van der Waals surface area (Å²) in [4.78, 5) is 21.4. The summed E-state index contributed by atoms with van der Waals surface area (Å²) in [7, 11) is 0. The van der Waals surface area contributed by atoms with E-state index in [1.807, 2.05) is 6.07 Å². The molecule has 1 fully saturated rings. The summed E-state index contributed by atoms with van der Waals surface area (Å²) in [5.41, 5.74) is 3.08. The molecule has 2 heterocycles. The van der Waals surface area contributed by atoms with Gasteiger partial charge in [-0.05, 0) is 18.9 Å². The second kappa shape index (κ2) is 2.55. The first-order chi connectivity index (χ1) is 7.79. The van der Waals surface area contributed by atoms with Gasteiger partial charge in [0.1, 0.15) is 5.82 Å². The highest BCUT2D eigenvalue weighted by molar-refractivity contribution is 5.90. The minimum absolute atomic E-state index is 0.426. The van der Waals surface area contributed by atoms with Crippen molar-refractivity contribution in [2.75, 3.05) is 0 Å². The average Bonchev–Trinajstić information content (AvgIpc) is 2.92. The number of hydrogen-bond donors (Lipinski definition) is 2. The minimum atomic E-state index is -0.426. The molecule has 16 heavy (non-hydrogen) atoms. The number of hydrogen-bond acceptors (Lipinski definition) is 3. The molecule has 0 radical (unpaired) electrons. The number of nitrogens with one attached hydrogen (secondary N) is 2. The fraction of sp³-hybridized carbons (Fsp3) is 0.273. The maximum absolute atomic E-state index is 11.0. The second-order valence-corrected chi connectivity index (χ2v) is 4.28. The Labute approximate surface area is 89.5 Å². The lowest BCUT2D eigenvalue weighted by atomic mass is 10.3. The van der Waals surface area contributed by atoms with E-state index in [1.165, 1.54) is 12.8 Å². The molecule has 0 spiro atoms. The number of aromatic nitrogens is 3. The van der Waals surface area contributed by atoms with Crippen molar-refractivity contribution in [2.45, 2.75) is 18.8 Å². The number of aromatic amines is 2. The van der Waals surface area contributed by atoms with Gasteiger partial charge < -0.3 is 9.40 Å². The van der Waals surface area contributed by atoms with Crippen LogP contribution in [0.1, 0.15) is 24.6 Å². The molecule has 4 rings (SSSR count). The van der Waals surface area contributed by atoms with Crippen LogP contribution in [-0.4, -0.2) is 15.0 Å². The Morgan fingerprint density at radius 2 is 2.12 bits per heavy atom. The van der Waals surface area contributed by atoms with Crippen molar-refractivity contribution in [3.8, 4) is 0 Å². The standard InChI is InChI=1S/C11H9N3O2/c15-11-14-8-3-6-7(4-9(8)16-11)13-10(12-6)5-1-2-5/h3-5H,1-2H2,(H,12,13)(H,14,15). The quantitative estimate of drug-likeness (QED) is 0.650. The number of rotatable bonds is 1. The van der Waals surface area contributed by atoms with Gasteiger partial charge in [-0.3, -0.25) is 4.98 Å². The first kappa shape index (κ1) is 8.15. The van der Waals surface area contributed by atoms with Gasteiger partial charge in [-0.15, -0.1) is 0 Å². The molecule has 0 amide bonds. The van der Waals surface area contributed by atoms with Crippen LogP contribution >= 0.6 is 0 Å². The Hall–Kier alpha value is -2.04. The molecule has 1 saturated carbocycles. The molecule has 0 atom stereocenters. The molecule has 5 nitrogen and oxygen atoms in total. The normalized spacial score (nSPS) is 16.2. The molecule has 1 aliphatic carbocycles. The lowest BCUT2D eigenvalue weighted by Gasteiger charge is -1.86. The van der Waals surface area contributed by atoms with Crippen molar-refractivity contribution in [3.63, 3.8) is 0 Å². The number of benzene rings is 1. The maximum Gasteiger partial charge on any atom is 0.417 e. The minimum Gasteiger partial charge on any atom is -0.408 e. The third kappa shape index (κ3) is 1.05. The van der Waals surface area contributed by atoms with E-state index in [9.17, 15) is 4.79 Å². The average molecular weight is 215 g/mol. The topological polar surface area (TPSA) is 74.7 Å². The first-order valence-electron chi connectivity index (χ1n) is 5.32. The van der Waals surface area contributed by atoms with Gasteiger partial charge in [-0.1, -0.05) is 0 Å². The van der Waals surface area contributed by atoms with Crippen LogP contribution in [0.2, 0.25) is 0 Å². The molecule has 2 aromatic heterocycles. The van der Waals surface area contributed by atoms with E-state index in [0.29, 0.717) is 17.0 Å².